The lowest BCUT2D eigenvalue weighted by Gasteiger charge is -2.03. The van der Waals surface area contributed by atoms with E-state index in [4.69, 9.17) is 4.74 Å². The van der Waals surface area contributed by atoms with Gasteiger partial charge in [-0.3, -0.25) is 0 Å². The summed E-state index contributed by atoms with van der Waals surface area (Å²) in [6.45, 7) is 2.69. The van der Waals surface area contributed by atoms with Crippen LogP contribution in [-0.4, -0.2) is 6.61 Å². The van der Waals surface area contributed by atoms with Crippen molar-refractivity contribution in [2.45, 2.75) is 6.92 Å². The van der Waals surface area contributed by atoms with E-state index in [-0.39, 0.29) is 0 Å². The standard InChI is InChI=1S/C12H11O/c1-2-13-12-8-7-10-5-3-4-6-11(10)9-12/h3-5,7-9H,2H2,1H3. The van der Waals surface area contributed by atoms with E-state index in [1.165, 1.54) is 5.39 Å². The Labute approximate surface area is 78.0 Å². The Morgan fingerprint density at radius 3 is 3.08 bits per heavy atom. The van der Waals surface area contributed by atoms with Crippen LogP contribution in [0.25, 0.3) is 10.8 Å². The molecule has 0 N–H and O–H groups in total. The highest BCUT2D eigenvalue weighted by molar-refractivity contribution is 5.83. The molecule has 0 bridgehead atoms. The lowest BCUT2D eigenvalue weighted by molar-refractivity contribution is 0.341. The van der Waals surface area contributed by atoms with Crippen molar-refractivity contribution in [2.75, 3.05) is 6.61 Å². The Balaban J connectivity index is 2.49. The second kappa shape index (κ2) is 3.48. The van der Waals surface area contributed by atoms with Gasteiger partial charge in [0.15, 0.2) is 0 Å². The molecule has 0 atom stereocenters. The summed E-state index contributed by atoms with van der Waals surface area (Å²) in [5, 5.41) is 2.31. The van der Waals surface area contributed by atoms with E-state index >= 15 is 0 Å². The molecule has 0 unspecified atom stereocenters. The first kappa shape index (κ1) is 8.11. The number of ether oxygens (including phenoxy) is 1. The molecule has 0 aromatic heterocycles. The first-order valence-corrected chi connectivity index (χ1v) is 4.43. The molecule has 13 heavy (non-hydrogen) atoms. The van der Waals surface area contributed by atoms with Crippen molar-refractivity contribution in [1.82, 2.24) is 0 Å². The third-order valence-electron chi connectivity index (χ3n) is 1.95. The molecule has 1 radical (unpaired) electrons. The van der Waals surface area contributed by atoms with Crippen LogP contribution < -0.4 is 4.74 Å². The Hall–Kier alpha value is -1.50. The van der Waals surface area contributed by atoms with Crippen LogP contribution in [0.5, 0.6) is 5.75 Å². The molecule has 0 aliphatic rings. The SMILES string of the molecule is CCOc1ccc2ccc[c]c2c1. The molecule has 0 heterocycles. The van der Waals surface area contributed by atoms with Gasteiger partial charge >= 0.3 is 0 Å². The van der Waals surface area contributed by atoms with Gasteiger partial charge in [-0.25, -0.2) is 0 Å². The molecule has 0 saturated carbocycles. The van der Waals surface area contributed by atoms with Gasteiger partial charge in [-0.1, -0.05) is 24.3 Å². The summed E-state index contributed by atoms with van der Waals surface area (Å²) >= 11 is 0. The molecule has 0 aliphatic carbocycles. The van der Waals surface area contributed by atoms with E-state index in [2.05, 4.69) is 18.2 Å². The van der Waals surface area contributed by atoms with Gasteiger partial charge in [0, 0.05) is 0 Å². The molecule has 2 rings (SSSR count). The topological polar surface area (TPSA) is 9.23 Å². The first-order valence-electron chi connectivity index (χ1n) is 4.43. The number of hydrogen-bond donors (Lipinski definition) is 0. The minimum absolute atomic E-state index is 0.707. The lowest BCUT2D eigenvalue weighted by Crippen LogP contribution is -1.90. The van der Waals surface area contributed by atoms with Crippen LogP contribution in [0, 0.1) is 6.07 Å². The highest BCUT2D eigenvalue weighted by Crippen LogP contribution is 2.19. The zero-order valence-corrected chi connectivity index (χ0v) is 7.58. The maximum atomic E-state index is 5.39. The zero-order chi connectivity index (χ0) is 9.10. The van der Waals surface area contributed by atoms with Crippen LogP contribution in [0.1, 0.15) is 6.92 Å². The lowest BCUT2D eigenvalue weighted by atomic mass is 10.1. The Bertz CT molecular complexity index is 407. The van der Waals surface area contributed by atoms with Crippen molar-refractivity contribution in [2.24, 2.45) is 0 Å². The quantitative estimate of drug-likeness (QED) is 0.674. The van der Waals surface area contributed by atoms with Crippen molar-refractivity contribution >= 4 is 10.8 Å². The molecule has 0 aliphatic heterocycles. The summed E-state index contributed by atoms with van der Waals surface area (Å²) in [6.07, 6.45) is 0. The van der Waals surface area contributed by atoms with Crippen LogP contribution in [0.15, 0.2) is 36.4 Å². The molecule has 1 nitrogen and oxygen atoms in total. The summed E-state index contributed by atoms with van der Waals surface area (Å²) in [5.41, 5.74) is 0. The molecule has 0 amide bonds. The highest BCUT2D eigenvalue weighted by Gasteiger charge is 1.94. The van der Waals surface area contributed by atoms with Gasteiger partial charge in [0.25, 0.3) is 0 Å². The van der Waals surface area contributed by atoms with Gasteiger partial charge in [-0.2, -0.15) is 0 Å². The molecular weight excluding hydrogens is 160 g/mol. The molecular formula is C12H11O. The van der Waals surface area contributed by atoms with Crippen molar-refractivity contribution in [1.29, 1.82) is 0 Å². The predicted octanol–water partition coefficient (Wildman–Crippen LogP) is 3.04. The summed E-state index contributed by atoms with van der Waals surface area (Å²) in [7, 11) is 0. The van der Waals surface area contributed by atoms with Gasteiger partial charge in [0.1, 0.15) is 5.75 Å². The first-order chi connectivity index (χ1) is 6.40. The molecule has 0 saturated heterocycles. The molecule has 65 valence electrons. The second-order valence-corrected chi connectivity index (χ2v) is 2.85. The average Bonchev–Trinajstić information content (AvgIpc) is 2.18. The van der Waals surface area contributed by atoms with Crippen molar-refractivity contribution in [3.05, 3.63) is 42.5 Å². The average molecular weight is 171 g/mol. The monoisotopic (exact) mass is 171 g/mol. The van der Waals surface area contributed by atoms with E-state index in [1.54, 1.807) is 0 Å². The summed E-state index contributed by atoms with van der Waals surface area (Å²) in [4.78, 5) is 0. The van der Waals surface area contributed by atoms with Crippen molar-refractivity contribution < 1.29 is 4.74 Å². The number of benzene rings is 2. The Morgan fingerprint density at radius 1 is 1.31 bits per heavy atom. The second-order valence-electron chi connectivity index (χ2n) is 2.85. The van der Waals surface area contributed by atoms with Crippen molar-refractivity contribution in [3.8, 4) is 5.75 Å². The molecule has 2 aromatic carbocycles. The third kappa shape index (κ3) is 1.64. The number of hydrogen-bond acceptors (Lipinski definition) is 1. The van der Waals surface area contributed by atoms with Gasteiger partial charge < -0.3 is 4.74 Å². The van der Waals surface area contributed by atoms with Crippen LogP contribution in [-0.2, 0) is 0 Å². The summed E-state index contributed by atoms with van der Waals surface area (Å²) in [6, 6.07) is 15.2. The normalized spacial score (nSPS) is 10.2. The maximum Gasteiger partial charge on any atom is 0.119 e. The van der Waals surface area contributed by atoms with Gasteiger partial charge in [-0.05, 0) is 35.9 Å². The van der Waals surface area contributed by atoms with Crippen LogP contribution in [0.2, 0.25) is 0 Å². The summed E-state index contributed by atoms with van der Waals surface area (Å²) < 4.78 is 5.39. The Morgan fingerprint density at radius 2 is 2.23 bits per heavy atom. The highest BCUT2D eigenvalue weighted by atomic mass is 16.5. The largest absolute Gasteiger partial charge is 0.494 e. The maximum absolute atomic E-state index is 5.39. The van der Waals surface area contributed by atoms with Gasteiger partial charge in [0.2, 0.25) is 0 Å². The van der Waals surface area contributed by atoms with Crippen LogP contribution in [0.3, 0.4) is 0 Å². The van der Waals surface area contributed by atoms with E-state index < -0.39 is 0 Å². The molecule has 0 spiro atoms. The van der Waals surface area contributed by atoms with E-state index in [9.17, 15) is 0 Å². The predicted molar refractivity (Wildman–Crippen MR) is 54.0 cm³/mol. The number of fused-ring (bicyclic) bond motifs is 1. The Kier molecular flexibility index (Phi) is 2.17. The minimum atomic E-state index is 0.707. The fourth-order valence-electron chi connectivity index (χ4n) is 1.35. The third-order valence-corrected chi connectivity index (χ3v) is 1.95. The van der Waals surface area contributed by atoms with Gasteiger partial charge in [0.05, 0.1) is 6.61 Å². The van der Waals surface area contributed by atoms with Crippen LogP contribution in [0.4, 0.5) is 0 Å². The summed E-state index contributed by atoms with van der Waals surface area (Å²) in [5.74, 6) is 0.914. The van der Waals surface area contributed by atoms with Crippen LogP contribution >= 0.6 is 0 Å². The zero-order valence-electron chi connectivity index (χ0n) is 7.58. The molecule has 1 heteroatoms. The molecule has 2 aromatic rings. The fourth-order valence-corrected chi connectivity index (χ4v) is 1.35. The van der Waals surface area contributed by atoms with E-state index in [1.807, 2.05) is 31.2 Å². The fraction of sp³-hybridized carbons (Fsp3) is 0.167. The number of rotatable bonds is 2. The van der Waals surface area contributed by atoms with E-state index in [0.29, 0.717) is 6.61 Å². The van der Waals surface area contributed by atoms with Gasteiger partial charge in [-0.15, -0.1) is 0 Å². The van der Waals surface area contributed by atoms with Crippen molar-refractivity contribution in [3.63, 3.8) is 0 Å². The smallest absolute Gasteiger partial charge is 0.119 e. The van der Waals surface area contributed by atoms with E-state index in [0.717, 1.165) is 11.1 Å². The molecule has 0 fully saturated rings. The minimum Gasteiger partial charge on any atom is -0.494 e.